The van der Waals surface area contributed by atoms with Crippen molar-refractivity contribution >= 4 is 27.5 Å². The van der Waals surface area contributed by atoms with Crippen molar-refractivity contribution in [2.24, 2.45) is 0 Å². The number of benzene rings is 1. The van der Waals surface area contributed by atoms with Crippen LogP contribution in [0, 0.1) is 12.7 Å². The van der Waals surface area contributed by atoms with Crippen molar-refractivity contribution in [3.63, 3.8) is 0 Å². The minimum absolute atomic E-state index is 0.0505. The largest absolute Gasteiger partial charge is 0.311 e. The second kappa shape index (κ2) is 6.68. The summed E-state index contributed by atoms with van der Waals surface area (Å²) in [5.41, 5.74) is 1.58. The standard InChI is InChI=1S/C15H20BrFN2O/c1-3-6-18-13-5-4-7-19(15(13)20)14-9-12(17)11(16)8-10(14)2/h8-9,13,18H,3-7H2,1-2H3. The van der Waals surface area contributed by atoms with Crippen molar-refractivity contribution in [2.75, 3.05) is 18.0 Å². The second-order valence-corrected chi connectivity index (χ2v) is 6.05. The lowest BCUT2D eigenvalue weighted by atomic mass is 10.0. The van der Waals surface area contributed by atoms with E-state index in [4.69, 9.17) is 0 Å². The molecule has 1 aliphatic rings. The van der Waals surface area contributed by atoms with Crippen molar-refractivity contribution in [1.82, 2.24) is 5.32 Å². The third kappa shape index (κ3) is 3.20. The zero-order chi connectivity index (χ0) is 14.7. The Morgan fingerprint density at radius 3 is 2.95 bits per heavy atom. The molecular formula is C15H20BrFN2O. The first kappa shape index (κ1) is 15.4. The van der Waals surface area contributed by atoms with Gasteiger partial charge in [0.05, 0.1) is 10.5 Å². The topological polar surface area (TPSA) is 32.3 Å². The monoisotopic (exact) mass is 342 g/mol. The Balaban J connectivity index is 2.23. The first-order valence-corrected chi connectivity index (χ1v) is 7.84. The van der Waals surface area contributed by atoms with Gasteiger partial charge in [0.15, 0.2) is 0 Å². The zero-order valence-corrected chi connectivity index (χ0v) is 13.5. The maximum Gasteiger partial charge on any atom is 0.244 e. The van der Waals surface area contributed by atoms with E-state index in [0.29, 0.717) is 16.7 Å². The quantitative estimate of drug-likeness (QED) is 0.909. The minimum atomic E-state index is -0.331. The van der Waals surface area contributed by atoms with Crippen LogP contribution in [0.1, 0.15) is 31.7 Å². The number of piperidine rings is 1. The van der Waals surface area contributed by atoms with Gasteiger partial charge in [-0.3, -0.25) is 4.79 Å². The number of carbonyl (C=O) groups excluding carboxylic acids is 1. The average molecular weight is 343 g/mol. The number of aryl methyl sites for hydroxylation is 1. The molecule has 0 aromatic heterocycles. The molecule has 5 heteroatoms. The average Bonchev–Trinajstić information content (AvgIpc) is 2.42. The van der Waals surface area contributed by atoms with E-state index < -0.39 is 0 Å². The highest BCUT2D eigenvalue weighted by Crippen LogP contribution is 2.29. The molecule has 1 N–H and O–H groups in total. The first-order valence-electron chi connectivity index (χ1n) is 7.05. The predicted octanol–water partition coefficient (Wildman–Crippen LogP) is 3.39. The lowest BCUT2D eigenvalue weighted by Crippen LogP contribution is -2.51. The lowest BCUT2D eigenvalue weighted by Gasteiger charge is -2.33. The minimum Gasteiger partial charge on any atom is -0.311 e. The van der Waals surface area contributed by atoms with Crippen LogP contribution in [0.3, 0.4) is 0 Å². The molecule has 0 aliphatic carbocycles. The number of anilines is 1. The van der Waals surface area contributed by atoms with Crippen molar-refractivity contribution in [2.45, 2.75) is 39.2 Å². The number of rotatable bonds is 4. The number of hydrogen-bond donors (Lipinski definition) is 1. The molecule has 1 aliphatic heterocycles. The molecule has 1 saturated heterocycles. The highest BCUT2D eigenvalue weighted by Gasteiger charge is 2.30. The van der Waals surface area contributed by atoms with Crippen LogP contribution < -0.4 is 10.2 Å². The summed E-state index contributed by atoms with van der Waals surface area (Å²) >= 11 is 3.17. The van der Waals surface area contributed by atoms with Gasteiger partial charge < -0.3 is 10.2 Å². The predicted molar refractivity (Wildman–Crippen MR) is 82.5 cm³/mol. The Labute approximate surface area is 127 Å². The van der Waals surface area contributed by atoms with Gasteiger partial charge in [0.2, 0.25) is 5.91 Å². The summed E-state index contributed by atoms with van der Waals surface area (Å²) in [6, 6.07) is 3.02. The molecule has 1 atom stereocenters. The number of nitrogens with zero attached hydrogens (tertiary/aromatic N) is 1. The van der Waals surface area contributed by atoms with E-state index in [9.17, 15) is 9.18 Å². The Bertz CT molecular complexity index is 507. The Kier molecular flexibility index (Phi) is 5.16. The summed E-state index contributed by atoms with van der Waals surface area (Å²) in [7, 11) is 0. The zero-order valence-electron chi connectivity index (χ0n) is 11.9. The number of halogens is 2. The molecule has 110 valence electrons. The Morgan fingerprint density at radius 1 is 1.50 bits per heavy atom. The molecule has 1 amide bonds. The molecule has 1 aromatic carbocycles. The van der Waals surface area contributed by atoms with E-state index in [2.05, 4.69) is 28.2 Å². The number of amides is 1. The van der Waals surface area contributed by atoms with Gasteiger partial charge in [-0.1, -0.05) is 6.92 Å². The third-order valence-corrected chi connectivity index (χ3v) is 4.22. The van der Waals surface area contributed by atoms with Crippen molar-refractivity contribution < 1.29 is 9.18 Å². The van der Waals surface area contributed by atoms with Gasteiger partial charge in [0.25, 0.3) is 0 Å². The fourth-order valence-corrected chi connectivity index (χ4v) is 3.01. The maximum atomic E-state index is 13.7. The molecule has 20 heavy (non-hydrogen) atoms. The molecule has 3 nitrogen and oxygen atoms in total. The number of carbonyl (C=O) groups is 1. The van der Waals surface area contributed by atoms with E-state index in [1.807, 2.05) is 6.92 Å². The van der Waals surface area contributed by atoms with Crippen LogP contribution in [0.4, 0.5) is 10.1 Å². The normalized spacial score (nSPS) is 19.5. The van der Waals surface area contributed by atoms with Crippen LogP contribution in [0.2, 0.25) is 0 Å². The first-order chi connectivity index (χ1) is 9.54. The molecule has 0 saturated carbocycles. The van der Waals surface area contributed by atoms with Gasteiger partial charge in [0.1, 0.15) is 5.82 Å². The Hall–Kier alpha value is -0.940. The van der Waals surface area contributed by atoms with Crippen LogP contribution in [0.25, 0.3) is 0 Å². The van der Waals surface area contributed by atoms with Crippen LogP contribution in [0.5, 0.6) is 0 Å². The fraction of sp³-hybridized carbons (Fsp3) is 0.533. The van der Waals surface area contributed by atoms with E-state index in [-0.39, 0.29) is 17.8 Å². The van der Waals surface area contributed by atoms with Crippen LogP contribution in [-0.2, 0) is 4.79 Å². The number of nitrogens with one attached hydrogen (secondary N) is 1. The van der Waals surface area contributed by atoms with Crippen molar-refractivity contribution in [3.8, 4) is 0 Å². The van der Waals surface area contributed by atoms with Gasteiger partial charge in [-0.25, -0.2) is 4.39 Å². The maximum absolute atomic E-state index is 13.7. The van der Waals surface area contributed by atoms with Crippen molar-refractivity contribution in [3.05, 3.63) is 28.0 Å². The summed E-state index contributed by atoms with van der Waals surface area (Å²) in [6.07, 6.45) is 2.79. The molecule has 2 rings (SSSR count). The summed E-state index contributed by atoms with van der Waals surface area (Å²) in [5, 5.41) is 3.27. The second-order valence-electron chi connectivity index (χ2n) is 5.19. The van der Waals surface area contributed by atoms with E-state index in [0.717, 1.165) is 31.4 Å². The fourth-order valence-electron chi connectivity index (χ4n) is 2.55. The van der Waals surface area contributed by atoms with Crippen molar-refractivity contribution in [1.29, 1.82) is 0 Å². The lowest BCUT2D eigenvalue weighted by molar-refractivity contribution is -0.121. The molecular weight excluding hydrogens is 323 g/mol. The van der Waals surface area contributed by atoms with E-state index >= 15 is 0 Å². The van der Waals surface area contributed by atoms with Gasteiger partial charge in [0, 0.05) is 12.2 Å². The summed E-state index contributed by atoms with van der Waals surface area (Å²) in [6.45, 7) is 5.46. The van der Waals surface area contributed by atoms with Gasteiger partial charge >= 0.3 is 0 Å². The van der Waals surface area contributed by atoms with Gasteiger partial charge in [-0.05, 0) is 66.4 Å². The highest BCUT2D eigenvalue weighted by atomic mass is 79.9. The third-order valence-electron chi connectivity index (χ3n) is 3.61. The van der Waals surface area contributed by atoms with Crippen LogP contribution >= 0.6 is 15.9 Å². The summed E-state index contributed by atoms with van der Waals surface area (Å²) in [5.74, 6) is -0.281. The molecule has 1 fully saturated rings. The van der Waals surface area contributed by atoms with E-state index in [1.54, 1.807) is 11.0 Å². The molecule has 1 heterocycles. The van der Waals surface area contributed by atoms with Crippen LogP contribution in [0.15, 0.2) is 16.6 Å². The summed E-state index contributed by atoms with van der Waals surface area (Å²) < 4.78 is 14.2. The smallest absolute Gasteiger partial charge is 0.244 e. The van der Waals surface area contributed by atoms with Gasteiger partial charge in [-0.2, -0.15) is 0 Å². The van der Waals surface area contributed by atoms with Gasteiger partial charge in [-0.15, -0.1) is 0 Å². The molecule has 1 unspecified atom stereocenters. The number of hydrogen-bond acceptors (Lipinski definition) is 2. The Morgan fingerprint density at radius 2 is 2.25 bits per heavy atom. The molecule has 0 bridgehead atoms. The molecule has 0 radical (unpaired) electrons. The molecule has 0 spiro atoms. The SMILES string of the molecule is CCCNC1CCCN(c2cc(F)c(Br)cc2C)C1=O. The van der Waals surface area contributed by atoms with E-state index in [1.165, 1.54) is 6.07 Å². The molecule has 1 aromatic rings. The van der Waals surface area contributed by atoms with Crippen LogP contribution in [-0.4, -0.2) is 25.0 Å². The summed E-state index contributed by atoms with van der Waals surface area (Å²) in [4.78, 5) is 14.2. The highest BCUT2D eigenvalue weighted by molar-refractivity contribution is 9.10.